The second-order valence-corrected chi connectivity index (χ2v) is 2.73. The highest BCUT2D eigenvalue weighted by Gasteiger charge is 2.38. The van der Waals surface area contributed by atoms with Crippen molar-refractivity contribution in [3.8, 4) is 0 Å². The van der Waals surface area contributed by atoms with Gasteiger partial charge in [-0.3, -0.25) is 4.79 Å². The van der Waals surface area contributed by atoms with Crippen LogP contribution >= 0.6 is 0 Å². The van der Waals surface area contributed by atoms with Crippen molar-refractivity contribution in [2.75, 3.05) is 0 Å². The molecular formula is C8H7F3N2O. The lowest BCUT2D eigenvalue weighted by atomic mass is 10.1. The number of aryl methyl sites for hydroxylation is 1. The highest BCUT2D eigenvalue weighted by molar-refractivity contribution is 5.86. The summed E-state index contributed by atoms with van der Waals surface area (Å²) in [6.45, 7) is 1.53. The van der Waals surface area contributed by atoms with Crippen LogP contribution in [0.1, 0.15) is 11.3 Å². The van der Waals surface area contributed by atoms with E-state index in [0.717, 1.165) is 0 Å². The summed E-state index contributed by atoms with van der Waals surface area (Å²) < 4.78 is 35.6. The maximum atomic E-state index is 11.9. The quantitative estimate of drug-likeness (QED) is 0.732. The van der Waals surface area contributed by atoms with Gasteiger partial charge in [0.15, 0.2) is 0 Å². The average Bonchev–Trinajstić information content (AvgIpc) is 2.07. The molecule has 3 nitrogen and oxygen atoms in total. The van der Waals surface area contributed by atoms with Crippen molar-refractivity contribution in [1.82, 2.24) is 9.97 Å². The van der Waals surface area contributed by atoms with Crippen molar-refractivity contribution in [2.45, 2.75) is 19.5 Å². The Morgan fingerprint density at radius 3 is 2.64 bits per heavy atom. The second-order valence-electron chi connectivity index (χ2n) is 2.73. The van der Waals surface area contributed by atoms with Crippen LogP contribution in [0.5, 0.6) is 0 Å². The molecule has 0 spiro atoms. The van der Waals surface area contributed by atoms with E-state index in [-0.39, 0.29) is 5.56 Å². The van der Waals surface area contributed by atoms with Gasteiger partial charge in [-0.05, 0) is 12.5 Å². The molecule has 1 rings (SSSR count). The predicted octanol–water partition coefficient (Wildman–Crippen LogP) is 1.46. The Labute approximate surface area is 78.0 Å². The molecule has 0 aliphatic heterocycles. The number of carbonyl (C=O) groups is 1. The zero-order valence-corrected chi connectivity index (χ0v) is 7.30. The maximum Gasteiger partial charge on any atom is 0.450 e. The fraction of sp³-hybridized carbons (Fsp3) is 0.375. The van der Waals surface area contributed by atoms with Crippen LogP contribution in [0.25, 0.3) is 0 Å². The van der Waals surface area contributed by atoms with Gasteiger partial charge in [-0.1, -0.05) is 0 Å². The molecule has 0 amide bonds. The molecule has 6 heteroatoms. The third kappa shape index (κ3) is 2.51. The molecule has 1 aromatic heterocycles. The topological polar surface area (TPSA) is 42.9 Å². The molecule has 0 aliphatic rings. The van der Waals surface area contributed by atoms with Crippen molar-refractivity contribution in [3.05, 3.63) is 23.8 Å². The van der Waals surface area contributed by atoms with Crippen molar-refractivity contribution in [2.24, 2.45) is 0 Å². The van der Waals surface area contributed by atoms with Gasteiger partial charge in [0, 0.05) is 18.3 Å². The number of aromatic nitrogens is 2. The summed E-state index contributed by atoms with van der Waals surface area (Å²) in [5, 5.41) is 0. The van der Waals surface area contributed by atoms with Crippen molar-refractivity contribution >= 4 is 5.78 Å². The van der Waals surface area contributed by atoms with Gasteiger partial charge in [0.25, 0.3) is 0 Å². The third-order valence-corrected chi connectivity index (χ3v) is 1.68. The first-order valence-electron chi connectivity index (χ1n) is 3.77. The van der Waals surface area contributed by atoms with E-state index in [1.165, 1.54) is 19.4 Å². The third-order valence-electron chi connectivity index (χ3n) is 1.68. The standard InChI is InChI=1S/C8H7F3N2O/c1-5-6(3-12-4-13-5)2-7(14)8(9,10)11/h3-4H,2H2,1H3. The smallest absolute Gasteiger partial charge is 0.289 e. The van der Waals surface area contributed by atoms with E-state index in [2.05, 4.69) is 9.97 Å². The van der Waals surface area contributed by atoms with Gasteiger partial charge < -0.3 is 0 Å². The minimum atomic E-state index is -4.79. The van der Waals surface area contributed by atoms with Crippen LogP contribution in [0, 0.1) is 6.92 Å². The molecule has 1 aromatic rings. The van der Waals surface area contributed by atoms with E-state index in [9.17, 15) is 18.0 Å². The molecule has 0 bridgehead atoms. The fourth-order valence-corrected chi connectivity index (χ4v) is 0.866. The molecule has 0 radical (unpaired) electrons. The lowest BCUT2D eigenvalue weighted by Gasteiger charge is -2.05. The maximum absolute atomic E-state index is 11.9. The van der Waals surface area contributed by atoms with Gasteiger partial charge in [0.05, 0.1) is 0 Å². The molecule has 76 valence electrons. The molecular weight excluding hydrogens is 197 g/mol. The van der Waals surface area contributed by atoms with Gasteiger partial charge in [0.2, 0.25) is 5.78 Å². The molecule has 14 heavy (non-hydrogen) atoms. The van der Waals surface area contributed by atoms with Crippen LogP contribution in [0.4, 0.5) is 13.2 Å². The Kier molecular flexibility index (Phi) is 2.83. The summed E-state index contributed by atoms with van der Waals surface area (Å²) in [7, 11) is 0. The summed E-state index contributed by atoms with van der Waals surface area (Å²) in [4.78, 5) is 17.8. The summed E-state index contributed by atoms with van der Waals surface area (Å²) in [6, 6.07) is 0. The van der Waals surface area contributed by atoms with E-state index in [1.54, 1.807) is 0 Å². The number of rotatable bonds is 2. The lowest BCUT2D eigenvalue weighted by molar-refractivity contribution is -0.170. The molecule has 0 aromatic carbocycles. The summed E-state index contributed by atoms with van der Waals surface area (Å²) in [5.74, 6) is -1.78. The highest BCUT2D eigenvalue weighted by Crippen LogP contribution is 2.18. The van der Waals surface area contributed by atoms with Crippen LogP contribution < -0.4 is 0 Å². The molecule has 0 unspecified atom stereocenters. The molecule has 0 saturated carbocycles. The molecule has 0 aliphatic carbocycles. The predicted molar refractivity (Wildman–Crippen MR) is 41.5 cm³/mol. The normalized spacial score (nSPS) is 11.4. The Morgan fingerprint density at radius 2 is 2.14 bits per heavy atom. The minimum Gasteiger partial charge on any atom is -0.289 e. The van der Waals surface area contributed by atoms with Crippen molar-refractivity contribution in [1.29, 1.82) is 0 Å². The van der Waals surface area contributed by atoms with Gasteiger partial charge in [-0.15, -0.1) is 0 Å². The Balaban J connectivity index is 2.80. The van der Waals surface area contributed by atoms with E-state index < -0.39 is 18.4 Å². The van der Waals surface area contributed by atoms with E-state index in [0.29, 0.717) is 5.69 Å². The van der Waals surface area contributed by atoms with Crippen molar-refractivity contribution in [3.63, 3.8) is 0 Å². The molecule has 0 atom stereocenters. The number of ketones is 1. The van der Waals surface area contributed by atoms with Crippen LogP contribution in [-0.4, -0.2) is 21.9 Å². The van der Waals surface area contributed by atoms with E-state index in [1.807, 2.05) is 0 Å². The zero-order valence-electron chi connectivity index (χ0n) is 7.30. The van der Waals surface area contributed by atoms with Crippen LogP contribution in [-0.2, 0) is 11.2 Å². The first-order chi connectivity index (χ1) is 6.41. The monoisotopic (exact) mass is 204 g/mol. The SMILES string of the molecule is Cc1ncncc1CC(=O)C(F)(F)F. The van der Waals surface area contributed by atoms with Crippen LogP contribution in [0.2, 0.25) is 0 Å². The summed E-state index contributed by atoms with van der Waals surface area (Å²) in [6.07, 6.45) is -3.05. The lowest BCUT2D eigenvalue weighted by Crippen LogP contribution is -2.25. The number of alkyl halides is 3. The molecule has 0 saturated heterocycles. The van der Waals surface area contributed by atoms with Gasteiger partial charge in [-0.25, -0.2) is 9.97 Å². The highest BCUT2D eigenvalue weighted by atomic mass is 19.4. The first kappa shape index (κ1) is 10.6. The van der Waals surface area contributed by atoms with Crippen LogP contribution in [0.15, 0.2) is 12.5 Å². The number of halogens is 3. The van der Waals surface area contributed by atoms with Gasteiger partial charge >= 0.3 is 6.18 Å². The average molecular weight is 204 g/mol. The van der Waals surface area contributed by atoms with E-state index in [4.69, 9.17) is 0 Å². The summed E-state index contributed by atoms with van der Waals surface area (Å²) in [5.41, 5.74) is 0.590. The second kappa shape index (κ2) is 3.73. The molecule has 0 fully saturated rings. The fourth-order valence-electron chi connectivity index (χ4n) is 0.866. The van der Waals surface area contributed by atoms with Gasteiger partial charge in [-0.2, -0.15) is 13.2 Å². The number of carbonyl (C=O) groups excluding carboxylic acids is 1. The number of hydrogen-bond acceptors (Lipinski definition) is 3. The molecule has 1 heterocycles. The number of hydrogen-bond donors (Lipinski definition) is 0. The first-order valence-corrected chi connectivity index (χ1v) is 3.77. The minimum absolute atomic E-state index is 0.204. The van der Waals surface area contributed by atoms with E-state index >= 15 is 0 Å². The zero-order chi connectivity index (χ0) is 10.8. The number of nitrogens with zero attached hydrogens (tertiary/aromatic N) is 2. The number of Topliss-reactive ketones (excluding diaryl/α,β-unsaturated/α-hetero) is 1. The summed E-state index contributed by atoms with van der Waals surface area (Å²) >= 11 is 0. The molecule has 0 N–H and O–H groups in total. The Hall–Kier alpha value is -1.46. The van der Waals surface area contributed by atoms with Gasteiger partial charge in [0.1, 0.15) is 6.33 Å². The largest absolute Gasteiger partial charge is 0.450 e. The van der Waals surface area contributed by atoms with Crippen molar-refractivity contribution < 1.29 is 18.0 Å². The Bertz CT molecular complexity index is 349. The van der Waals surface area contributed by atoms with Crippen LogP contribution in [0.3, 0.4) is 0 Å². The Morgan fingerprint density at radius 1 is 1.50 bits per heavy atom.